The van der Waals surface area contributed by atoms with Gasteiger partial charge in [0.05, 0.1) is 5.75 Å². The van der Waals surface area contributed by atoms with E-state index in [0.717, 1.165) is 10.5 Å². The van der Waals surface area contributed by atoms with Crippen LogP contribution in [0, 0.1) is 0 Å². The number of hydrogen-bond donors (Lipinski definition) is 3. The van der Waals surface area contributed by atoms with Gasteiger partial charge in [0.2, 0.25) is 5.91 Å². The maximum absolute atomic E-state index is 13.5. The van der Waals surface area contributed by atoms with Crippen LogP contribution >= 0.6 is 11.8 Å². The summed E-state index contributed by atoms with van der Waals surface area (Å²) in [7, 11) is 0. The van der Waals surface area contributed by atoms with Crippen molar-refractivity contribution < 1.29 is 19.1 Å². The van der Waals surface area contributed by atoms with Gasteiger partial charge in [-0.3, -0.25) is 14.4 Å². The number of carbonyl (C=O) groups is 3. The van der Waals surface area contributed by atoms with E-state index in [0.29, 0.717) is 35.0 Å². The van der Waals surface area contributed by atoms with E-state index in [1.165, 1.54) is 11.8 Å². The zero-order valence-electron chi connectivity index (χ0n) is 24.2. The first kappa shape index (κ1) is 30.8. The van der Waals surface area contributed by atoms with Crippen molar-refractivity contribution in [3.63, 3.8) is 0 Å². The number of carbonyl (C=O) groups excluding carboxylic acids is 3. The van der Waals surface area contributed by atoms with Crippen molar-refractivity contribution in [2.24, 2.45) is 0 Å². The maximum atomic E-state index is 13.5. The van der Waals surface area contributed by atoms with E-state index >= 15 is 0 Å². The van der Waals surface area contributed by atoms with Gasteiger partial charge >= 0.3 is 0 Å². The van der Waals surface area contributed by atoms with Crippen molar-refractivity contribution in [2.45, 2.75) is 11.5 Å². The average Bonchev–Trinajstić information content (AvgIpc) is 3.08. The molecule has 45 heavy (non-hydrogen) atoms. The zero-order chi connectivity index (χ0) is 31.3. The van der Waals surface area contributed by atoms with Crippen molar-refractivity contribution in [1.29, 1.82) is 0 Å². The molecule has 0 fully saturated rings. The van der Waals surface area contributed by atoms with Gasteiger partial charge < -0.3 is 20.7 Å². The van der Waals surface area contributed by atoms with Gasteiger partial charge in [-0.25, -0.2) is 4.98 Å². The molecule has 3 amide bonds. The molecule has 224 valence electrons. The van der Waals surface area contributed by atoms with Crippen LogP contribution < -0.4 is 20.7 Å². The highest BCUT2D eigenvalue weighted by Gasteiger charge is 2.16. The maximum Gasteiger partial charge on any atom is 0.272 e. The number of anilines is 2. The topological polar surface area (TPSA) is 109 Å². The van der Waals surface area contributed by atoms with Gasteiger partial charge in [0.1, 0.15) is 23.9 Å². The van der Waals surface area contributed by atoms with Crippen LogP contribution in [0.5, 0.6) is 5.75 Å². The lowest BCUT2D eigenvalue weighted by molar-refractivity contribution is -0.114. The summed E-state index contributed by atoms with van der Waals surface area (Å²) in [6.45, 7) is 0.434. The van der Waals surface area contributed by atoms with Gasteiger partial charge in [-0.05, 0) is 71.8 Å². The molecule has 0 atom stereocenters. The molecule has 1 aromatic heterocycles. The summed E-state index contributed by atoms with van der Waals surface area (Å²) >= 11 is 1.32. The number of aromatic nitrogens is 1. The van der Waals surface area contributed by atoms with Gasteiger partial charge in [-0.2, -0.15) is 0 Å². The first-order valence-electron chi connectivity index (χ1n) is 14.1. The lowest BCUT2D eigenvalue weighted by atomic mass is 10.1. The molecule has 0 aliphatic heterocycles. The molecule has 8 nitrogen and oxygen atoms in total. The molecule has 1 heterocycles. The van der Waals surface area contributed by atoms with E-state index in [1.807, 2.05) is 66.7 Å². The van der Waals surface area contributed by atoms with Gasteiger partial charge in [0, 0.05) is 22.3 Å². The summed E-state index contributed by atoms with van der Waals surface area (Å²) in [6.07, 6.45) is 3.22. The van der Waals surface area contributed by atoms with Crippen LogP contribution in [-0.4, -0.2) is 28.5 Å². The van der Waals surface area contributed by atoms with Crippen LogP contribution in [0.2, 0.25) is 0 Å². The highest BCUT2D eigenvalue weighted by atomic mass is 32.2. The van der Waals surface area contributed by atoms with Crippen LogP contribution in [0.15, 0.2) is 144 Å². The van der Waals surface area contributed by atoms with Crippen LogP contribution in [0.25, 0.3) is 6.08 Å². The van der Waals surface area contributed by atoms with Crippen molar-refractivity contribution in [3.05, 3.63) is 156 Å². The Morgan fingerprint density at radius 1 is 0.756 bits per heavy atom. The van der Waals surface area contributed by atoms with E-state index in [9.17, 15) is 14.4 Å². The van der Waals surface area contributed by atoms with Crippen LogP contribution in [-0.2, 0) is 16.2 Å². The minimum absolute atomic E-state index is 0.0644. The largest absolute Gasteiger partial charge is 0.489 e. The Morgan fingerprint density at radius 2 is 1.49 bits per heavy atom. The molecule has 5 rings (SSSR count). The summed E-state index contributed by atoms with van der Waals surface area (Å²) in [5, 5.41) is 8.37. The van der Waals surface area contributed by atoms with Crippen molar-refractivity contribution >= 4 is 47.1 Å². The SMILES string of the molecule is O=C(CSc1cccc(NC(=O)/C(=C/c2ccc(OCc3ccccc3)cc2)NC(=O)c2ccccc2)c1)Nc1ccccn1. The highest BCUT2D eigenvalue weighted by molar-refractivity contribution is 8.00. The molecule has 0 bridgehead atoms. The molecule has 0 radical (unpaired) electrons. The monoisotopic (exact) mass is 614 g/mol. The standard InChI is InChI=1S/C36H30N4O4S/c41-34(40-33-16-7-8-21-37-33)25-45-31-15-9-14-29(23-31)38-36(43)32(39-35(42)28-12-5-2-6-13-28)22-26-17-19-30(20-18-26)44-24-27-10-3-1-4-11-27/h1-23H,24-25H2,(H,38,43)(H,39,42)(H,37,40,41)/b32-22-. The smallest absolute Gasteiger partial charge is 0.272 e. The fraction of sp³-hybridized carbons (Fsp3) is 0.0556. The van der Waals surface area contributed by atoms with E-state index in [1.54, 1.807) is 72.9 Å². The van der Waals surface area contributed by atoms with Gasteiger partial charge in [0.15, 0.2) is 0 Å². The van der Waals surface area contributed by atoms with Gasteiger partial charge in [-0.1, -0.05) is 72.8 Å². The number of nitrogens with one attached hydrogen (secondary N) is 3. The number of ether oxygens (including phenoxy) is 1. The predicted molar refractivity (Wildman–Crippen MR) is 178 cm³/mol. The molecule has 0 saturated heterocycles. The Hall–Kier alpha value is -5.67. The first-order chi connectivity index (χ1) is 22.0. The lowest BCUT2D eigenvalue weighted by Gasteiger charge is -2.12. The van der Waals surface area contributed by atoms with E-state index in [2.05, 4.69) is 20.9 Å². The van der Waals surface area contributed by atoms with Gasteiger partial charge in [-0.15, -0.1) is 11.8 Å². The third kappa shape index (κ3) is 9.67. The molecule has 0 saturated carbocycles. The van der Waals surface area contributed by atoms with E-state index < -0.39 is 11.8 Å². The highest BCUT2D eigenvalue weighted by Crippen LogP contribution is 2.23. The molecule has 9 heteroatoms. The Kier molecular flexibility index (Phi) is 10.7. The quantitative estimate of drug-likeness (QED) is 0.105. The minimum atomic E-state index is -0.501. The van der Waals surface area contributed by atoms with E-state index in [4.69, 9.17) is 4.74 Å². The lowest BCUT2D eigenvalue weighted by Crippen LogP contribution is -2.30. The van der Waals surface area contributed by atoms with Crippen LogP contribution in [0.3, 0.4) is 0 Å². The molecular formula is C36H30N4O4S. The summed E-state index contributed by atoms with van der Waals surface area (Å²) in [5.74, 6) is 0.214. The summed E-state index contributed by atoms with van der Waals surface area (Å²) < 4.78 is 5.88. The number of benzene rings is 4. The second-order valence-corrected chi connectivity index (χ2v) is 10.8. The molecule has 4 aromatic carbocycles. The fourth-order valence-electron chi connectivity index (χ4n) is 4.14. The second kappa shape index (κ2) is 15.7. The number of rotatable bonds is 12. The Morgan fingerprint density at radius 3 is 2.22 bits per heavy atom. The Bertz CT molecular complexity index is 1760. The zero-order valence-corrected chi connectivity index (χ0v) is 25.0. The fourth-order valence-corrected chi connectivity index (χ4v) is 4.89. The number of nitrogens with zero attached hydrogens (tertiary/aromatic N) is 1. The second-order valence-electron chi connectivity index (χ2n) is 9.76. The molecular weight excluding hydrogens is 584 g/mol. The van der Waals surface area contributed by atoms with Crippen molar-refractivity contribution in [2.75, 3.05) is 16.4 Å². The number of pyridine rings is 1. The molecule has 0 aliphatic carbocycles. The number of amides is 3. The average molecular weight is 615 g/mol. The van der Waals surface area contributed by atoms with Crippen molar-refractivity contribution in [3.8, 4) is 5.75 Å². The third-order valence-electron chi connectivity index (χ3n) is 6.36. The van der Waals surface area contributed by atoms with Crippen molar-refractivity contribution in [1.82, 2.24) is 10.3 Å². The van der Waals surface area contributed by atoms with Gasteiger partial charge in [0.25, 0.3) is 11.8 Å². The normalized spacial score (nSPS) is 10.9. The first-order valence-corrected chi connectivity index (χ1v) is 15.1. The minimum Gasteiger partial charge on any atom is -0.489 e. The predicted octanol–water partition coefficient (Wildman–Crippen LogP) is 6.80. The van der Waals surface area contributed by atoms with Crippen LogP contribution in [0.1, 0.15) is 21.5 Å². The van der Waals surface area contributed by atoms with E-state index in [-0.39, 0.29) is 17.4 Å². The Balaban J connectivity index is 1.27. The summed E-state index contributed by atoms with van der Waals surface area (Å²) in [5.41, 5.74) is 2.75. The number of hydrogen-bond acceptors (Lipinski definition) is 6. The molecule has 5 aromatic rings. The molecule has 0 aliphatic rings. The third-order valence-corrected chi connectivity index (χ3v) is 7.36. The number of thioether (sulfide) groups is 1. The van der Waals surface area contributed by atoms with Crippen LogP contribution in [0.4, 0.5) is 11.5 Å². The summed E-state index contributed by atoms with van der Waals surface area (Å²) in [6, 6.07) is 38.2. The Labute approximate surface area is 265 Å². The molecule has 0 spiro atoms. The summed E-state index contributed by atoms with van der Waals surface area (Å²) in [4.78, 5) is 43.7. The molecule has 3 N–H and O–H groups in total. The molecule has 0 unspecified atom stereocenters.